The average molecular weight is 295 g/mol. The van der Waals surface area contributed by atoms with Crippen LogP contribution in [0.2, 0.25) is 0 Å². The van der Waals surface area contributed by atoms with Crippen molar-refractivity contribution in [3.05, 3.63) is 54.1 Å². The molecule has 0 heterocycles. The molecule has 0 aliphatic heterocycles. The summed E-state index contributed by atoms with van der Waals surface area (Å²) >= 11 is 5.37. The topological polar surface area (TPSA) is 51.2 Å². The van der Waals surface area contributed by atoms with Crippen molar-refractivity contribution < 1.29 is 13.2 Å². The van der Waals surface area contributed by atoms with Gasteiger partial charge in [-0.1, -0.05) is 30.3 Å². The first-order chi connectivity index (χ1) is 8.89. The van der Waals surface area contributed by atoms with Crippen LogP contribution in [0.4, 0.5) is 0 Å². The Kier molecular flexibility index (Phi) is 3.73. The Morgan fingerprint density at radius 2 is 1.58 bits per heavy atom. The number of hydrogen-bond acceptors (Lipinski definition) is 3. The van der Waals surface area contributed by atoms with Gasteiger partial charge in [0, 0.05) is 17.4 Å². The summed E-state index contributed by atoms with van der Waals surface area (Å²) in [5, 5.41) is -0.539. The fourth-order valence-corrected chi connectivity index (χ4v) is 2.85. The molecule has 0 aliphatic carbocycles. The first-order valence-electron chi connectivity index (χ1n) is 5.49. The van der Waals surface area contributed by atoms with Gasteiger partial charge in [0.1, 0.15) is 0 Å². The van der Waals surface area contributed by atoms with E-state index in [-0.39, 0.29) is 4.90 Å². The van der Waals surface area contributed by atoms with Crippen LogP contribution in [0.5, 0.6) is 0 Å². The smallest absolute Gasteiger partial charge is 0.252 e. The van der Waals surface area contributed by atoms with Crippen LogP contribution in [0.25, 0.3) is 11.1 Å². The molecule has 0 saturated carbocycles. The molecule has 2 aromatic carbocycles. The molecule has 98 valence electrons. The van der Waals surface area contributed by atoms with Gasteiger partial charge in [0.2, 0.25) is 0 Å². The molecule has 5 heteroatoms. The molecule has 0 spiro atoms. The van der Waals surface area contributed by atoms with E-state index in [9.17, 15) is 13.2 Å². The Balaban J connectivity index is 2.57. The standard InChI is InChI=1S/C14H11ClO3S/c1-19(17,18)13-5-3-2-4-12(13)10-6-8-11(9-7-10)14(15)16/h2-9H,1H3. The Bertz CT molecular complexity index is 719. The van der Waals surface area contributed by atoms with E-state index >= 15 is 0 Å². The number of hydrogen-bond donors (Lipinski definition) is 0. The highest BCUT2D eigenvalue weighted by molar-refractivity contribution is 7.90. The molecule has 0 unspecified atom stereocenters. The van der Waals surface area contributed by atoms with E-state index in [2.05, 4.69) is 0 Å². The van der Waals surface area contributed by atoms with Crippen molar-refractivity contribution in [2.75, 3.05) is 6.26 Å². The first kappa shape index (κ1) is 13.8. The van der Waals surface area contributed by atoms with Gasteiger partial charge in [0.15, 0.2) is 9.84 Å². The van der Waals surface area contributed by atoms with Gasteiger partial charge in [0.05, 0.1) is 4.90 Å². The maximum absolute atomic E-state index is 11.7. The molecular formula is C14H11ClO3S. The molecule has 2 aromatic rings. The number of sulfone groups is 1. The second kappa shape index (κ2) is 5.15. The van der Waals surface area contributed by atoms with Crippen LogP contribution >= 0.6 is 11.6 Å². The Labute approximate surface area is 116 Å². The predicted octanol–water partition coefficient (Wildman–Crippen LogP) is 3.14. The zero-order valence-corrected chi connectivity index (χ0v) is 11.7. The van der Waals surface area contributed by atoms with Crippen LogP contribution in [0.15, 0.2) is 53.4 Å². The third kappa shape index (κ3) is 3.03. The average Bonchev–Trinajstić information content (AvgIpc) is 2.38. The third-order valence-corrected chi connectivity index (χ3v) is 4.08. The van der Waals surface area contributed by atoms with Crippen molar-refractivity contribution >= 4 is 26.7 Å². The van der Waals surface area contributed by atoms with Gasteiger partial charge in [-0.3, -0.25) is 4.79 Å². The lowest BCUT2D eigenvalue weighted by Crippen LogP contribution is -1.99. The van der Waals surface area contributed by atoms with E-state index in [1.54, 1.807) is 48.5 Å². The van der Waals surface area contributed by atoms with Crippen LogP contribution in [0, 0.1) is 0 Å². The lowest BCUT2D eigenvalue weighted by molar-refractivity contribution is 0.108. The van der Waals surface area contributed by atoms with Gasteiger partial charge >= 0.3 is 0 Å². The first-order valence-corrected chi connectivity index (χ1v) is 7.76. The minimum atomic E-state index is -3.30. The molecule has 19 heavy (non-hydrogen) atoms. The number of carbonyl (C=O) groups excluding carboxylic acids is 1. The summed E-state index contributed by atoms with van der Waals surface area (Å²) in [6.45, 7) is 0. The molecule has 3 nitrogen and oxygen atoms in total. The zero-order valence-electron chi connectivity index (χ0n) is 10.1. The number of rotatable bonds is 3. The Hall–Kier alpha value is -1.65. The van der Waals surface area contributed by atoms with Crippen molar-refractivity contribution in [3.8, 4) is 11.1 Å². The Morgan fingerprint density at radius 1 is 1.00 bits per heavy atom. The Morgan fingerprint density at radius 3 is 2.11 bits per heavy atom. The molecular weight excluding hydrogens is 284 g/mol. The summed E-state index contributed by atoms with van der Waals surface area (Å²) in [5.74, 6) is 0. The quantitative estimate of drug-likeness (QED) is 0.817. The van der Waals surface area contributed by atoms with Gasteiger partial charge < -0.3 is 0 Å². The summed E-state index contributed by atoms with van der Waals surface area (Å²) < 4.78 is 23.5. The highest BCUT2D eigenvalue weighted by Gasteiger charge is 2.14. The molecule has 0 atom stereocenters. The van der Waals surface area contributed by atoms with E-state index in [1.165, 1.54) is 6.26 Å². The highest BCUT2D eigenvalue weighted by atomic mass is 35.5. The predicted molar refractivity (Wildman–Crippen MR) is 75.2 cm³/mol. The number of carbonyl (C=O) groups is 1. The van der Waals surface area contributed by atoms with E-state index in [0.29, 0.717) is 11.1 Å². The van der Waals surface area contributed by atoms with Crippen molar-refractivity contribution in [1.29, 1.82) is 0 Å². The van der Waals surface area contributed by atoms with E-state index in [4.69, 9.17) is 11.6 Å². The molecule has 0 radical (unpaired) electrons. The fraction of sp³-hybridized carbons (Fsp3) is 0.0714. The van der Waals surface area contributed by atoms with Gasteiger partial charge in [-0.2, -0.15) is 0 Å². The van der Waals surface area contributed by atoms with Gasteiger partial charge in [-0.15, -0.1) is 0 Å². The largest absolute Gasteiger partial charge is 0.276 e. The van der Waals surface area contributed by atoms with Gasteiger partial charge in [0.25, 0.3) is 5.24 Å². The van der Waals surface area contributed by atoms with E-state index in [0.717, 1.165) is 5.56 Å². The summed E-state index contributed by atoms with van der Waals surface area (Å²) in [4.78, 5) is 11.3. The fourth-order valence-electron chi connectivity index (χ4n) is 1.81. The van der Waals surface area contributed by atoms with Crippen molar-refractivity contribution in [2.45, 2.75) is 4.90 Å². The normalized spacial score (nSPS) is 11.3. The summed E-state index contributed by atoms with van der Waals surface area (Å²) in [7, 11) is -3.30. The summed E-state index contributed by atoms with van der Waals surface area (Å²) in [6, 6.07) is 13.2. The third-order valence-electron chi connectivity index (χ3n) is 2.71. The SMILES string of the molecule is CS(=O)(=O)c1ccccc1-c1ccc(C(=O)Cl)cc1. The summed E-state index contributed by atoms with van der Waals surface area (Å²) in [5.41, 5.74) is 1.71. The number of benzene rings is 2. The lowest BCUT2D eigenvalue weighted by atomic mass is 10.0. The minimum absolute atomic E-state index is 0.264. The molecule has 2 rings (SSSR count). The molecule has 0 N–H and O–H groups in total. The zero-order chi connectivity index (χ0) is 14.0. The molecule has 0 fully saturated rings. The van der Waals surface area contributed by atoms with E-state index < -0.39 is 15.1 Å². The maximum atomic E-state index is 11.7. The molecule has 0 bridgehead atoms. The van der Waals surface area contributed by atoms with E-state index in [1.807, 2.05) is 0 Å². The van der Waals surface area contributed by atoms with Crippen LogP contribution < -0.4 is 0 Å². The minimum Gasteiger partial charge on any atom is -0.276 e. The van der Waals surface area contributed by atoms with Gasteiger partial charge in [-0.25, -0.2) is 8.42 Å². The van der Waals surface area contributed by atoms with Crippen molar-refractivity contribution in [2.24, 2.45) is 0 Å². The second-order valence-corrected chi connectivity index (χ2v) is 6.45. The van der Waals surface area contributed by atoms with Crippen molar-refractivity contribution in [3.63, 3.8) is 0 Å². The molecule has 0 saturated heterocycles. The van der Waals surface area contributed by atoms with Crippen LogP contribution in [0.3, 0.4) is 0 Å². The monoisotopic (exact) mass is 294 g/mol. The van der Waals surface area contributed by atoms with Crippen LogP contribution in [-0.2, 0) is 9.84 Å². The maximum Gasteiger partial charge on any atom is 0.252 e. The van der Waals surface area contributed by atoms with Crippen molar-refractivity contribution in [1.82, 2.24) is 0 Å². The summed E-state index contributed by atoms with van der Waals surface area (Å²) in [6.07, 6.45) is 1.17. The molecule has 0 amide bonds. The van der Waals surface area contributed by atoms with Gasteiger partial charge in [-0.05, 0) is 35.4 Å². The van der Waals surface area contributed by atoms with Crippen LogP contribution in [-0.4, -0.2) is 19.9 Å². The highest BCUT2D eigenvalue weighted by Crippen LogP contribution is 2.27. The lowest BCUT2D eigenvalue weighted by Gasteiger charge is -2.08. The molecule has 0 aliphatic rings. The second-order valence-electron chi connectivity index (χ2n) is 4.12. The number of halogens is 1. The van der Waals surface area contributed by atoms with Crippen LogP contribution in [0.1, 0.15) is 10.4 Å². The molecule has 0 aromatic heterocycles.